The molecule has 9 aromatic carbocycles. The maximum Gasteiger partial charge on any atom is 0.143 e. The van der Waals surface area contributed by atoms with E-state index in [0.717, 1.165) is 44.4 Å². The third-order valence-electron chi connectivity index (χ3n) is 10.3. The van der Waals surface area contributed by atoms with E-state index in [9.17, 15) is 0 Å². The number of hydrogen-bond donors (Lipinski definition) is 0. The summed E-state index contributed by atoms with van der Waals surface area (Å²) in [5, 5.41) is 6.83. The zero-order chi connectivity index (χ0) is 34.4. The van der Waals surface area contributed by atoms with Crippen molar-refractivity contribution in [1.82, 2.24) is 0 Å². The van der Waals surface area contributed by atoms with Gasteiger partial charge in [0.2, 0.25) is 0 Å². The van der Waals surface area contributed by atoms with Crippen molar-refractivity contribution >= 4 is 60.5 Å². The van der Waals surface area contributed by atoms with E-state index in [1.54, 1.807) is 0 Å². The first-order valence-electron chi connectivity index (χ1n) is 17.8. The average Bonchev–Trinajstić information content (AvgIpc) is 3.61. The molecule has 0 saturated carbocycles. The monoisotopic (exact) mass is 663 g/mol. The van der Waals surface area contributed by atoms with Crippen LogP contribution in [-0.2, 0) is 0 Å². The van der Waals surface area contributed by atoms with E-state index >= 15 is 0 Å². The molecule has 0 aliphatic heterocycles. The highest BCUT2D eigenvalue weighted by atomic mass is 16.3. The first-order chi connectivity index (χ1) is 25.8. The van der Waals surface area contributed by atoms with Crippen molar-refractivity contribution in [3.8, 4) is 33.4 Å². The van der Waals surface area contributed by atoms with Crippen LogP contribution in [0.4, 0.5) is 17.1 Å². The lowest BCUT2D eigenvalue weighted by molar-refractivity contribution is 0.672. The van der Waals surface area contributed by atoms with Gasteiger partial charge in [0.1, 0.15) is 11.2 Å². The normalized spacial score (nSPS) is 11.5. The summed E-state index contributed by atoms with van der Waals surface area (Å²) in [6.07, 6.45) is 0. The van der Waals surface area contributed by atoms with Gasteiger partial charge in [-0.3, -0.25) is 0 Å². The van der Waals surface area contributed by atoms with Gasteiger partial charge in [-0.1, -0.05) is 164 Å². The van der Waals surface area contributed by atoms with Crippen molar-refractivity contribution in [2.45, 2.75) is 0 Å². The van der Waals surface area contributed by atoms with Crippen LogP contribution < -0.4 is 4.90 Å². The quantitative estimate of drug-likeness (QED) is 0.176. The molecular weight excluding hydrogens is 631 g/mol. The van der Waals surface area contributed by atoms with E-state index in [1.165, 1.54) is 49.5 Å². The van der Waals surface area contributed by atoms with Crippen LogP contribution in [0.5, 0.6) is 0 Å². The second kappa shape index (κ2) is 12.5. The molecule has 0 unspecified atom stereocenters. The zero-order valence-corrected chi connectivity index (χ0v) is 28.4. The Morgan fingerprint density at radius 1 is 0.346 bits per heavy atom. The Balaban J connectivity index is 1.27. The highest BCUT2D eigenvalue weighted by Crippen LogP contribution is 2.48. The van der Waals surface area contributed by atoms with Crippen molar-refractivity contribution < 1.29 is 4.42 Å². The molecule has 0 aliphatic rings. The lowest BCUT2D eigenvalue weighted by atomic mass is 9.90. The van der Waals surface area contributed by atoms with Crippen LogP contribution in [0.15, 0.2) is 205 Å². The summed E-state index contributed by atoms with van der Waals surface area (Å²) in [6.45, 7) is 0. The van der Waals surface area contributed by atoms with Gasteiger partial charge in [0.15, 0.2) is 0 Å². The Bertz CT molecular complexity index is 2880. The summed E-state index contributed by atoms with van der Waals surface area (Å²) in [7, 11) is 0. The van der Waals surface area contributed by atoms with Crippen LogP contribution in [0, 0.1) is 0 Å². The Morgan fingerprint density at radius 3 is 1.71 bits per heavy atom. The molecule has 0 amide bonds. The van der Waals surface area contributed by atoms with Gasteiger partial charge < -0.3 is 9.32 Å². The third-order valence-corrected chi connectivity index (χ3v) is 10.3. The summed E-state index contributed by atoms with van der Waals surface area (Å²) < 4.78 is 6.87. The van der Waals surface area contributed by atoms with E-state index in [-0.39, 0.29) is 0 Å². The van der Waals surface area contributed by atoms with Crippen molar-refractivity contribution in [3.05, 3.63) is 200 Å². The molecule has 0 fully saturated rings. The highest BCUT2D eigenvalue weighted by Gasteiger charge is 2.23. The van der Waals surface area contributed by atoms with Crippen molar-refractivity contribution in [1.29, 1.82) is 0 Å². The Morgan fingerprint density at radius 2 is 0.923 bits per heavy atom. The molecule has 0 bridgehead atoms. The number of benzene rings is 9. The molecule has 10 aromatic rings. The van der Waals surface area contributed by atoms with Gasteiger partial charge in [0.05, 0.1) is 16.8 Å². The molecule has 1 aromatic heterocycles. The molecule has 2 nitrogen and oxygen atoms in total. The van der Waals surface area contributed by atoms with Crippen LogP contribution in [-0.4, -0.2) is 0 Å². The summed E-state index contributed by atoms with van der Waals surface area (Å²) in [4.78, 5) is 2.40. The molecule has 10 rings (SSSR count). The average molecular weight is 664 g/mol. The summed E-state index contributed by atoms with van der Waals surface area (Å²) >= 11 is 0. The predicted molar refractivity (Wildman–Crippen MR) is 220 cm³/mol. The lowest BCUT2D eigenvalue weighted by Crippen LogP contribution is -2.10. The summed E-state index contributed by atoms with van der Waals surface area (Å²) in [5.74, 6) is 0. The molecule has 1 heterocycles. The van der Waals surface area contributed by atoms with Crippen molar-refractivity contribution in [2.24, 2.45) is 0 Å². The van der Waals surface area contributed by atoms with E-state index < -0.39 is 0 Å². The van der Waals surface area contributed by atoms with Gasteiger partial charge in [0.25, 0.3) is 0 Å². The molecule has 244 valence electrons. The number of fused-ring (bicyclic) bond motifs is 6. The Kier molecular flexibility index (Phi) is 7.18. The maximum atomic E-state index is 6.87. The van der Waals surface area contributed by atoms with Crippen LogP contribution in [0.1, 0.15) is 0 Å². The second-order valence-electron chi connectivity index (χ2n) is 13.3. The van der Waals surface area contributed by atoms with Gasteiger partial charge in [-0.05, 0) is 80.6 Å². The van der Waals surface area contributed by atoms with Crippen molar-refractivity contribution in [3.63, 3.8) is 0 Å². The van der Waals surface area contributed by atoms with E-state index in [2.05, 4.69) is 205 Å². The van der Waals surface area contributed by atoms with E-state index in [1.807, 2.05) is 0 Å². The molecule has 2 heteroatoms. The molecule has 0 radical (unpaired) electrons. The Labute approximate surface area is 302 Å². The van der Waals surface area contributed by atoms with Crippen molar-refractivity contribution in [2.75, 3.05) is 4.90 Å². The standard InChI is InChI=1S/C50H33NO/c1-3-15-34(16-4-1)35-29-31-38(32-30-35)51(46-26-13-20-37-19-7-8-22-40(37)46)47-27-14-28-48-49(47)45-33-44(42-24-11-12-25-43(42)50(45)52-48)41-23-10-9-21-39(41)36-17-5-2-6-18-36/h1-33H. The minimum atomic E-state index is 0.859. The Hall–Kier alpha value is -6.90. The van der Waals surface area contributed by atoms with Gasteiger partial charge in [-0.2, -0.15) is 0 Å². The molecule has 0 N–H and O–H groups in total. The SMILES string of the molecule is c1ccc(-c2ccc(N(c3cccc4ccccc34)c3cccc4oc5c6ccccc6c(-c6ccccc6-c6ccccc6)cc5c34)cc2)cc1. The fourth-order valence-electron chi connectivity index (χ4n) is 7.87. The number of furan rings is 1. The minimum absolute atomic E-state index is 0.859. The highest BCUT2D eigenvalue weighted by molar-refractivity contribution is 6.23. The summed E-state index contributed by atoms with van der Waals surface area (Å²) in [6, 6.07) is 71.6. The van der Waals surface area contributed by atoms with Gasteiger partial charge in [-0.15, -0.1) is 0 Å². The van der Waals surface area contributed by atoms with Crippen LogP contribution in [0.2, 0.25) is 0 Å². The topological polar surface area (TPSA) is 16.4 Å². The first-order valence-corrected chi connectivity index (χ1v) is 17.8. The van der Waals surface area contributed by atoms with E-state index in [0.29, 0.717) is 0 Å². The largest absolute Gasteiger partial charge is 0.455 e. The van der Waals surface area contributed by atoms with E-state index in [4.69, 9.17) is 4.42 Å². The van der Waals surface area contributed by atoms with Gasteiger partial charge in [-0.25, -0.2) is 0 Å². The van der Waals surface area contributed by atoms with Crippen LogP contribution in [0.3, 0.4) is 0 Å². The third kappa shape index (κ3) is 4.96. The van der Waals surface area contributed by atoms with Crippen LogP contribution >= 0.6 is 0 Å². The number of nitrogens with zero attached hydrogens (tertiary/aromatic N) is 1. The molecule has 0 aliphatic carbocycles. The zero-order valence-electron chi connectivity index (χ0n) is 28.4. The maximum absolute atomic E-state index is 6.87. The number of rotatable bonds is 6. The second-order valence-corrected chi connectivity index (χ2v) is 13.3. The summed E-state index contributed by atoms with van der Waals surface area (Å²) in [5.41, 5.74) is 12.2. The fourth-order valence-corrected chi connectivity index (χ4v) is 7.87. The smallest absolute Gasteiger partial charge is 0.143 e. The fraction of sp³-hybridized carbons (Fsp3) is 0. The molecule has 0 spiro atoms. The van der Waals surface area contributed by atoms with Gasteiger partial charge >= 0.3 is 0 Å². The molecule has 52 heavy (non-hydrogen) atoms. The molecular formula is C50H33NO. The lowest BCUT2D eigenvalue weighted by Gasteiger charge is -2.28. The van der Waals surface area contributed by atoms with Gasteiger partial charge in [0, 0.05) is 21.8 Å². The number of anilines is 3. The first kappa shape index (κ1) is 30.0. The van der Waals surface area contributed by atoms with Crippen LogP contribution in [0.25, 0.3) is 76.9 Å². The number of hydrogen-bond acceptors (Lipinski definition) is 2. The molecule has 0 atom stereocenters. The predicted octanol–water partition coefficient (Wildman–Crippen LogP) is 14.4. The molecule has 0 saturated heterocycles. The minimum Gasteiger partial charge on any atom is -0.455 e.